The predicted octanol–water partition coefficient (Wildman–Crippen LogP) is 0.724. The van der Waals surface area contributed by atoms with Crippen molar-refractivity contribution in [3.05, 3.63) is 12.2 Å². The molecule has 2 N–H and O–H groups in total. The normalized spacial score (nSPS) is 18.8. The number of rotatable bonds is 22. The molecule has 0 bridgehead atoms. The number of carbonyl (C=O) groups excluding carboxylic acids is 1. The Labute approximate surface area is 241 Å². The molecule has 0 aromatic rings. The van der Waals surface area contributed by atoms with Gasteiger partial charge in [-0.2, -0.15) is 0 Å². The van der Waals surface area contributed by atoms with E-state index in [0.29, 0.717) is 25.3 Å². The molecule has 0 spiro atoms. The molecule has 0 saturated carbocycles. The fraction of sp³-hybridized carbons (Fsp3) is 0.846. The van der Waals surface area contributed by atoms with E-state index in [1.165, 1.54) is 64.2 Å². The van der Waals surface area contributed by atoms with Crippen molar-refractivity contribution in [3.63, 3.8) is 0 Å². The molecule has 0 fully saturated rings. The average Bonchev–Trinajstić information content (AvgIpc) is 3.18. The molecule has 2 atom stereocenters. The molecule has 0 saturated heterocycles. The second-order valence-electron chi connectivity index (χ2n) is 9.84. The number of amidine groups is 1. The summed E-state index contributed by atoms with van der Waals surface area (Å²) in [6.45, 7) is 2.84. The molecule has 1 aliphatic heterocycles. The van der Waals surface area contributed by atoms with Crippen LogP contribution in [0, 0.1) is 0 Å². The Morgan fingerprint density at radius 1 is 1.03 bits per heavy atom. The first-order chi connectivity index (χ1) is 16.7. The SMILES string of the molecule is CCCC/C=C/CCCCCCCCCCCC(=O)C1=NCC[N+]1(CCO)CC(O)CS(=O)(=O)[O-].[Na+]. The molecule has 0 radical (unpaired) electrons. The van der Waals surface area contributed by atoms with Gasteiger partial charge in [-0.25, -0.2) is 13.4 Å². The molecule has 0 aromatic carbocycles. The van der Waals surface area contributed by atoms with E-state index in [0.717, 1.165) is 19.3 Å². The largest absolute Gasteiger partial charge is 1.00 e. The van der Waals surface area contributed by atoms with Gasteiger partial charge in [-0.1, -0.05) is 76.9 Å². The van der Waals surface area contributed by atoms with E-state index in [9.17, 15) is 28.0 Å². The number of aliphatic imine (C=N–C) groups is 1. The maximum atomic E-state index is 12.8. The zero-order valence-corrected chi connectivity index (χ0v) is 25.5. The number of unbranched alkanes of at least 4 members (excludes halogenated alkanes) is 11. The molecule has 8 nitrogen and oxygen atoms in total. The fourth-order valence-electron chi connectivity index (χ4n) is 4.78. The Kier molecular flexibility index (Phi) is 20.7. The summed E-state index contributed by atoms with van der Waals surface area (Å²) in [5, 5.41) is 19.6. The summed E-state index contributed by atoms with van der Waals surface area (Å²) >= 11 is 0. The van der Waals surface area contributed by atoms with E-state index >= 15 is 0 Å². The smallest absolute Gasteiger partial charge is 0.748 e. The van der Waals surface area contributed by atoms with Crippen LogP contribution in [-0.4, -0.2) is 83.9 Å². The number of allylic oxidation sites excluding steroid dienone is 2. The number of aliphatic hydroxyl groups is 2. The number of hydrogen-bond donors (Lipinski definition) is 2. The van der Waals surface area contributed by atoms with Gasteiger partial charge in [0.05, 0.1) is 29.0 Å². The van der Waals surface area contributed by atoms with Gasteiger partial charge in [-0.3, -0.25) is 9.28 Å². The van der Waals surface area contributed by atoms with Crippen molar-refractivity contribution >= 4 is 21.7 Å². The van der Waals surface area contributed by atoms with Gasteiger partial charge in [-0.15, -0.1) is 0 Å². The predicted molar refractivity (Wildman–Crippen MR) is 139 cm³/mol. The molecule has 1 rings (SSSR count). The van der Waals surface area contributed by atoms with Crippen LogP contribution in [0.1, 0.15) is 96.8 Å². The molecule has 0 aliphatic carbocycles. The summed E-state index contributed by atoms with van der Waals surface area (Å²) in [5.74, 6) is -0.728. The quantitative estimate of drug-likeness (QED) is 0.0686. The zero-order chi connectivity index (χ0) is 26.0. The molecule has 10 heteroatoms. The number of ketones is 1. The summed E-state index contributed by atoms with van der Waals surface area (Å²) < 4.78 is 32.9. The van der Waals surface area contributed by atoms with E-state index < -0.39 is 22.0 Å². The molecule has 204 valence electrons. The van der Waals surface area contributed by atoms with Crippen LogP contribution in [0.5, 0.6) is 0 Å². The van der Waals surface area contributed by atoms with Gasteiger partial charge < -0.3 is 14.8 Å². The molecule has 0 aromatic heterocycles. The Hall–Kier alpha value is -0.130. The third kappa shape index (κ3) is 16.0. The van der Waals surface area contributed by atoms with Crippen LogP contribution in [0.15, 0.2) is 17.1 Å². The monoisotopic (exact) mass is 539 g/mol. The number of Topliss-reactive ketones (excluding diaryl/α,β-unsaturated/α-hetero) is 1. The van der Waals surface area contributed by atoms with E-state index in [1.807, 2.05) is 0 Å². The van der Waals surface area contributed by atoms with Crippen LogP contribution in [0.25, 0.3) is 0 Å². The van der Waals surface area contributed by atoms with Gasteiger partial charge in [0.1, 0.15) is 25.7 Å². The average molecular weight is 540 g/mol. The van der Waals surface area contributed by atoms with Gasteiger partial charge in [0.2, 0.25) is 5.78 Å². The summed E-state index contributed by atoms with van der Waals surface area (Å²) in [4.78, 5) is 17.2. The first-order valence-corrected chi connectivity index (χ1v) is 15.1. The van der Waals surface area contributed by atoms with Crippen molar-refractivity contribution in [2.24, 2.45) is 4.99 Å². The molecule has 36 heavy (non-hydrogen) atoms. The third-order valence-electron chi connectivity index (χ3n) is 6.64. The summed E-state index contributed by atoms with van der Waals surface area (Å²) in [6, 6.07) is 0. The summed E-state index contributed by atoms with van der Waals surface area (Å²) in [5.41, 5.74) is 0. The number of quaternary nitrogens is 1. The Bertz CT molecular complexity index is 760. The van der Waals surface area contributed by atoms with Crippen LogP contribution in [0.3, 0.4) is 0 Å². The first kappa shape index (κ1) is 35.9. The van der Waals surface area contributed by atoms with Crippen LogP contribution >= 0.6 is 0 Å². The van der Waals surface area contributed by atoms with Crippen molar-refractivity contribution in [1.82, 2.24) is 0 Å². The minimum Gasteiger partial charge on any atom is -0.748 e. The van der Waals surface area contributed by atoms with Crippen molar-refractivity contribution < 1.29 is 62.0 Å². The van der Waals surface area contributed by atoms with Crippen LogP contribution in [0.4, 0.5) is 0 Å². The van der Waals surface area contributed by atoms with Crippen LogP contribution < -0.4 is 29.6 Å². The van der Waals surface area contributed by atoms with Crippen LogP contribution in [0.2, 0.25) is 0 Å². The van der Waals surface area contributed by atoms with Gasteiger partial charge >= 0.3 is 29.6 Å². The maximum Gasteiger partial charge on any atom is 1.00 e. The molecular weight excluding hydrogens is 491 g/mol. The molecule has 1 aliphatic rings. The van der Waals surface area contributed by atoms with Gasteiger partial charge in [-0.05, 0) is 25.7 Å². The Balaban J connectivity index is 0.0000122. The fourth-order valence-corrected chi connectivity index (χ4v) is 5.36. The molecule has 2 unspecified atom stereocenters. The van der Waals surface area contributed by atoms with E-state index in [-0.39, 0.29) is 59.5 Å². The van der Waals surface area contributed by atoms with E-state index in [4.69, 9.17) is 0 Å². The van der Waals surface area contributed by atoms with E-state index in [1.54, 1.807) is 0 Å². The van der Waals surface area contributed by atoms with Gasteiger partial charge in [0, 0.05) is 6.42 Å². The second kappa shape index (κ2) is 20.8. The molecule has 0 amide bonds. The van der Waals surface area contributed by atoms with Crippen molar-refractivity contribution in [1.29, 1.82) is 0 Å². The minimum absolute atomic E-state index is 0. The number of nitrogens with zero attached hydrogens (tertiary/aromatic N) is 2. The number of hydrogen-bond acceptors (Lipinski definition) is 7. The topological polar surface area (TPSA) is 127 Å². The minimum atomic E-state index is -4.58. The molecule has 1 heterocycles. The standard InChI is InChI=1S/C26H48N2O6S.Na/c1-2-3-4-5-6-7-8-9-10-11-12-13-14-15-16-17-25(31)26-27-18-19-28(26,20-21-29)22-24(30)23-35(32,33)34;/h5-6,24,29-30H,2-4,7-23H2,1H3;/q;+1/b6-5+;. The summed E-state index contributed by atoms with van der Waals surface area (Å²) in [7, 11) is -4.58. The van der Waals surface area contributed by atoms with Crippen molar-refractivity contribution in [3.8, 4) is 0 Å². The second-order valence-corrected chi connectivity index (χ2v) is 11.3. The summed E-state index contributed by atoms with van der Waals surface area (Å²) in [6.07, 6.45) is 18.9. The van der Waals surface area contributed by atoms with Crippen molar-refractivity contribution in [2.75, 3.05) is 38.5 Å². The molecular formula is C26H48N2NaO6S+. The van der Waals surface area contributed by atoms with Crippen LogP contribution in [-0.2, 0) is 14.9 Å². The van der Waals surface area contributed by atoms with Gasteiger partial charge in [0.25, 0.3) is 5.84 Å². The maximum absolute atomic E-state index is 12.8. The van der Waals surface area contributed by atoms with Gasteiger partial charge in [0.15, 0.2) is 0 Å². The third-order valence-corrected chi connectivity index (χ3v) is 7.43. The Morgan fingerprint density at radius 2 is 1.58 bits per heavy atom. The zero-order valence-electron chi connectivity index (χ0n) is 22.7. The number of carbonyl (C=O) groups is 1. The first-order valence-electron chi connectivity index (χ1n) is 13.6. The van der Waals surface area contributed by atoms with E-state index in [2.05, 4.69) is 24.1 Å². The number of aliphatic hydroxyl groups excluding tert-OH is 2. The Morgan fingerprint density at radius 3 is 2.14 bits per heavy atom. The van der Waals surface area contributed by atoms with Crippen molar-refractivity contribution in [2.45, 2.75) is 103 Å².